The highest BCUT2D eigenvalue weighted by atomic mass is 19.4. The fourth-order valence-electron chi connectivity index (χ4n) is 1.57. The number of carbonyl (C=O) groups is 2. The summed E-state index contributed by atoms with van der Waals surface area (Å²) in [6.07, 6.45) is -4.55. The normalized spacial score (nSPS) is 14.1. The molecule has 0 aliphatic rings. The molecule has 0 bridgehead atoms. The number of amides is 2. The summed E-state index contributed by atoms with van der Waals surface area (Å²) in [7, 11) is 0. The maximum absolute atomic E-state index is 12.7. The number of aliphatic hydroxyl groups is 1. The van der Waals surface area contributed by atoms with E-state index in [1.165, 1.54) is 13.0 Å². The van der Waals surface area contributed by atoms with Crippen LogP contribution in [-0.2, 0) is 11.0 Å². The highest BCUT2D eigenvalue weighted by molar-refractivity contribution is 5.91. The summed E-state index contributed by atoms with van der Waals surface area (Å²) in [6.45, 7) is 1.57. The zero-order valence-corrected chi connectivity index (χ0v) is 11.8. The van der Waals surface area contributed by atoms with Gasteiger partial charge in [0.1, 0.15) is 0 Å². The molecular weight excluding hydrogens is 305 g/mol. The standard InChI is InChI=1S/C13H15F3N2O4/c1-7-8(13(14,15)16)4-3-5-9(7)18-11(21)17-6-12(2,22)10(19)20/h3-5,22H,6H2,1-2H3,(H,19,20)(H2,17,18,21). The van der Waals surface area contributed by atoms with E-state index in [2.05, 4.69) is 10.6 Å². The number of alkyl halides is 3. The van der Waals surface area contributed by atoms with Crippen molar-refractivity contribution in [1.82, 2.24) is 5.32 Å². The molecule has 1 aromatic rings. The minimum atomic E-state index is -4.55. The molecule has 122 valence electrons. The van der Waals surface area contributed by atoms with Gasteiger partial charge in [0.15, 0.2) is 5.60 Å². The molecule has 4 N–H and O–H groups in total. The summed E-state index contributed by atoms with van der Waals surface area (Å²) < 4.78 is 38.2. The van der Waals surface area contributed by atoms with Crippen LogP contribution in [0.3, 0.4) is 0 Å². The van der Waals surface area contributed by atoms with Crippen molar-refractivity contribution in [2.75, 3.05) is 11.9 Å². The molecule has 0 heterocycles. The van der Waals surface area contributed by atoms with E-state index < -0.39 is 35.9 Å². The predicted molar refractivity (Wildman–Crippen MR) is 71.5 cm³/mol. The average molecular weight is 320 g/mol. The number of hydrogen-bond donors (Lipinski definition) is 4. The van der Waals surface area contributed by atoms with E-state index in [1.54, 1.807) is 0 Å². The zero-order chi connectivity index (χ0) is 17.1. The van der Waals surface area contributed by atoms with Crippen molar-refractivity contribution in [1.29, 1.82) is 0 Å². The van der Waals surface area contributed by atoms with Crippen molar-refractivity contribution in [2.24, 2.45) is 0 Å². The van der Waals surface area contributed by atoms with Gasteiger partial charge in [-0.3, -0.25) is 0 Å². The molecule has 22 heavy (non-hydrogen) atoms. The zero-order valence-electron chi connectivity index (χ0n) is 11.8. The summed E-state index contributed by atoms with van der Waals surface area (Å²) in [5, 5.41) is 22.3. The molecule has 1 atom stereocenters. The predicted octanol–water partition coefficient (Wildman–Crippen LogP) is 1.97. The Balaban J connectivity index is 2.80. The Morgan fingerprint density at radius 2 is 1.86 bits per heavy atom. The van der Waals surface area contributed by atoms with Gasteiger partial charge in [-0.2, -0.15) is 13.2 Å². The second-order valence-corrected chi connectivity index (χ2v) is 4.86. The molecule has 0 saturated heterocycles. The second-order valence-electron chi connectivity index (χ2n) is 4.86. The molecule has 0 spiro atoms. The maximum Gasteiger partial charge on any atom is 0.416 e. The first-order valence-corrected chi connectivity index (χ1v) is 6.12. The molecule has 0 aliphatic carbocycles. The van der Waals surface area contributed by atoms with Crippen molar-refractivity contribution in [3.8, 4) is 0 Å². The Morgan fingerprint density at radius 1 is 1.27 bits per heavy atom. The largest absolute Gasteiger partial charge is 0.479 e. The van der Waals surface area contributed by atoms with Gasteiger partial charge in [-0.25, -0.2) is 9.59 Å². The molecule has 9 heteroatoms. The number of carboxylic acids is 1. The third-order valence-electron chi connectivity index (χ3n) is 2.94. The third-order valence-corrected chi connectivity index (χ3v) is 2.94. The lowest BCUT2D eigenvalue weighted by Crippen LogP contribution is -2.47. The van der Waals surface area contributed by atoms with Gasteiger partial charge in [0.2, 0.25) is 0 Å². The third kappa shape index (κ3) is 4.35. The van der Waals surface area contributed by atoms with Crippen molar-refractivity contribution < 1.29 is 33.0 Å². The fraction of sp³-hybridized carbons (Fsp3) is 0.385. The minimum Gasteiger partial charge on any atom is -0.479 e. The summed E-state index contributed by atoms with van der Waals surface area (Å²) in [5.41, 5.74) is -3.31. The number of anilines is 1. The molecule has 0 aromatic heterocycles. The maximum atomic E-state index is 12.7. The number of carboxylic acid groups (broad SMARTS) is 1. The first kappa shape index (κ1) is 17.8. The lowest BCUT2D eigenvalue weighted by atomic mass is 10.1. The molecule has 1 unspecified atom stereocenters. The summed E-state index contributed by atoms with van der Waals surface area (Å²) in [5.74, 6) is -1.54. The molecule has 0 saturated carbocycles. The highest BCUT2D eigenvalue weighted by Crippen LogP contribution is 2.34. The lowest BCUT2D eigenvalue weighted by Gasteiger charge is -2.19. The van der Waals surface area contributed by atoms with Gasteiger partial charge in [0, 0.05) is 5.69 Å². The first-order chi connectivity index (χ1) is 9.95. The quantitative estimate of drug-likeness (QED) is 0.681. The minimum absolute atomic E-state index is 0.0673. The molecule has 1 aromatic carbocycles. The van der Waals surface area contributed by atoms with Crippen LogP contribution < -0.4 is 10.6 Å². The molecule has 0 fully saturated rings. The van der Waals surface area contributed by atoms with Crippen LogP contribution in [0.5, 0.6) is 0 Å². The van der Waals surface area contributed by atoms with Crippen LogP contribution in [-0.4, -0.2) is 34.4 Å². The van der Waals surface area contributed by atoms with Crippen LogP contribution in [0.4, 0.5) is 23.7 Å². The Kier molecular flexibility index (Phi) is 5.02. The summed E-state index contributed by atoms with van der Waals surface area (Å²) >= 11 is 0. The van der Waals surface area contributed by atoms with Gasteiger partial charge >= 0.3 is 18.2 Å². The Hall–Kier alpha value is -2.29. The number of benzene rings is 1. The first-order valence-electron chi connectivity index (χ1n) is 6.12. The van der Waals surface area contributed by atoms with Gasteiger partial charge in [-0.05, 0) is 31.5 Å². The number of nitrogens with one attached hydrogen (secondary N) is 2. The molecule has 6 nitrogen and oxygen atoms in total. The second kappa shape index (κ2) is 6.22. The lowest BCUT2D eigenvalue weighted by molar-refractivity contribution is -0.155. The molecule has 0 radical (unpaired) electrons. The number of rotatable bonds is 4. The van der Waals surface area contributed by atoms with Crippen LogP contribution in [0.1, 0.15) is 18.1 Å². The number of aliphatic carboxylic acids is 1. The Bertz CT molecular complexity index is 585. The van der Waals surface area contributed by atoms with Crippen molar-refractivity contribution in [3.63, 3.8) is 0 Å². The smallest absolute Gasteiger partial charge is 0.416 e. The molecule has 0 aliphatic heterocycles. The van der Waals surface area contributed by atoms with Crippen LogP contribution >= 0.6 is 0 Å². The Labute approximate surface area is 123 Å². The van der Waals surface area contributed by atoms with Gasteiger partial charge in [0.25, 0.3) is 0 Å². The van der Waals surface area contributed by atoms with E-state index in [-0.39, 0.29) is 11.3 Å². The van der Waals surface area contributed by atoms with Gasteiger partial charge in [-0.15, -0.1) is 0 Å². The number of carbonyl (C=O) groups excluding carboxylic acids is 1. The SMILES string of the molecule is Cc1c(NC(=O)NCC(C)(O)C(=O)O)cccc1C(F)(F)F. The summed E-state index contributed by atoms with van der Waals surface area (Å²) in [6, 6.07) is 2.37. The van der Waals surface area contributed by atoms with Gasteiger partial charge in [-0.1, -0.05) is 6.07 Å². The monoisotopic (exact) mass is 320 g/mol. The molecule has 2 amide bonds. The Morgan fingerprint density at radius 3 is 2.36 bits per heavy atom. The van der Waals surface area contributed by atoms with E-state index in [0.717, 1.165) is 19.1 Å². The van der Waals surface area contributed by atoms with Gasteiger partial charge < -0.3 is 20.8 Å². The average Bonchev–Trinajstić information content (AvgIpc) is 2.37. The van der Waals surface area contributed by atoms with E-state index in [4.69, 9.17) is 5.11 Å². The van der Waals surface area contributed by atoms with Crippen molar-refractivity contribution in [2.45, 2.75) is 25.6 Å². The van der Waals surface area contributed by atoms with Crippen LogP contribution in [0.2, 0.25) is 0 Å². The number of halogens is 3. The van der Waals surface area contributed by atoms with E-state index in [9.17, 15) is 27.9 Å². The molecular formula is C13H15F3N2O4. The summed E-state index contributed by atoms with van der Waals surface area (Å²) in [4.78, 5) is 22.2. The highest BCUT2D eigenvalue weighted by Gasteiger charge is 2.33. The van der Waals surface area contributed by atoms with E-state index >= 15 is 0 Å². The number of hydrogen-bond acceptors (Lipinski definition) is 3. The van der Waals surface area contributed by atoms with Crippen LogP contribution in [0.25, 0.3) is 0 Å². The van der Waals surface area contributed by atoms with Crippen molar-refractivity contribution in [3.05, 3.63) is 29.3 Å². The molecule has 1 rings (SSSR count). The van der Waals surface area contributed by atoms with Crippen LogP contribution in [0, 0.1) is 6.92 Å². The van der Waals surface area contributed by atoms with E-state index in [1.807, 2.05) is 0 Å². The topological polar surface area (TPSA) is 98.7 Å². The number of urea groups is 1. The van der Waals surface area contributed by atoms with Crippen molar-refractivity contribution >= 4 is 17.7 Å². The van der Waals surface area contributed by atoms with Crippen LogP contribution in [0.15, 0.2) is 18.2 Å². The fourth-order valence-corrected chi connectivity index (χ4v) is 1.57. The van der Waals surface area contributed by atoms with E-state index in [0.29, 0.717) is 0 Å². The van der Waals surface area contributed by atoms with Gasteiger partial charge in [0.05, 0.1) is 12.1 Å².